The molecule has 0 amide bonds. The fraction of sp³-hybridized carbons (Fsp3) is 0.647. The lowest BCUT2D eigenvalue weighted by Gasteiger charge is -2.35. The molecule has 0 atom stereocenters. The fourth-order valence-electron chi connectivity index (χ4n) is 2.23. The average Bonchev–Trinajstić information content (AvgIpc) is 2.47. The molecule has 0 aliphatic heterocycles. The van der Waals surface area contributed by atoms with Gasteiger partial charge in [-0.05, 0) is 27.2 Å². The molecule has 4 heteroatoms. The van der Waals surface area contributed by atoms with Crippen molar-refractivity contribution in [2.45, 2.75) is 47.1 Å². The van der Waals surface area contributed by atoms with Crippen molar-refractivity contribution in [3.05, 3.63) is 35.9 Å². The number of benzene rings is 1. The van der Waals surface area contributed by atoms with Crippen LogP contribution in [0.25, 0.3) is 0 Å². The molecular weight excluding hydrogens is 303 g/mol. The Morgan fingerprint density at radius 1 is 0.857 bits per heavy atom. The number of hydrogen-bond acceptors (Lipinski definition) is 0. The molecule has 1 aromatic rings. The van der Waals surface area contributed by atoms with Gasteiger partial charge in [0.25, 0.3) is 0 Å². The van der Waals surface area contributed by atoms with Gasteiger partial charge in [0.05, 0.1) is 26.2 Å². The third kappa shape index (κ3) is 11.0. The van der Waals surface area contributed by atoms with Crippen LogP contribution in [0.15, 0.2) is 30.3 Å². The summed E-state index contributed by atoms with van der Waals surface area (Å²) in [6.07, 6.45) is 2.56. The molecule has 0 fully saturated rings. The molecule has 0 spiro atoms. The van der Waals surface area contributed by atoms with E-state index in [4.69, 9.17) is 0 Å². The fourth-order valence-corrected chi connectivity index (χ4v) is 2.23. The Labute approximate surface area is 144 Å². The molecule has 0 bridgehead atoms. The minimum absolute atomic E-state index is 0. The second-order valence-corrected chi connectivity index (χ2v) is 5.14. The standard InChI is InChI=1S/C13H22N.C4H11N.2ClH/c1-4-14(5-2,6-3)12-13-10-8-7-9-11-13;1-2-3-4-5;;/h7-11H,4-6,12H2,1-3H3;2-5H2,1H3;2*1H/q+1;;;/p-1. The SMILES string of the molecule is CCCC[NH3+].CC[N+](CC)(CC)Cc1ccccc1.[Cl-].[Cl-]. The summed E-state index contributed by atoms with van der Waals surface area (Å²) in [6.45, 7) is 15.0. The van der Waals surface area contributed by atoms with Crippen LogP contribution in [0, 0.1) is 0 Å². The van der Waals surface area contributed by atoms with E-state index in [2.05, 4.69) is 63.8 Å². The van der Waals surface area contributed by atoms with E-state index in [1.165, 1.54) is 49.1 Å². The summed E-state index contributed by atoms with van der Waals surface area (Å²) in [4.78, 5) is 0. The maximum Gasteiger partial charge on any atom is 0.104 e. The molecule has 0 saturated heterocycles. The monoisotopic (exact) mass is 336 g/mol. The van der Waals surface area contributed by atoms with Gasteiger partial charge in [-0.3, -0.25) is 0 Å². The third-order valence-electron chi connectivity index (χ3n) is 3.98. The van der Waals surface area contributed by atoms with Crippen LogP contribution < -0.4 is 30.5 Å². The predicted molar refractivity (Wildman–Crippen MR) is 84.7 cm³/mol. The lowest BCUT2D eigenvalue weighted by atomic mass is 10.2. The van der Waals surface area contributed by atoms with Gasteiger partial charge in [-0.1, -0.05) is 43.7 Å². The Kier molecular flexibility index (Phi) is 19.7. The van der Waals surface area contributed by atoms with Gasteiger partial charge in [0.2, 0.25) is 0 Å². The van der Waals surface area contributed by atoms with Crippen molar-refractivity contribution < 1.29 is 35.0 Å². The summed E-state index contributed by atoms with van der Waals surface area (Å²) in [5.74, 6) is 0. The zero-order valence-electron chi connectivity index (χ0n) is 14.2. The molecule has 1 rings (SSSR count). The third-order valence-corrected chi connectivity index (χ3v) is 3.98. The maximum atomic E-state index is 3.68. The first-order chi connectivity index (χ1) is 9.17. The zero-order chi connectivity index (χ0) is 14.6. The number of rotatable bonds is 7. The first-order valence-corrected chi connectivity index (χ1v) is 7.86. The summed E-state index contributed by atoms with van der Waals surface area (Å²) >= 11 is 0. The Balaban J connectivity index is -0.000000405. The molecule has 0 aromatic heterocycles. The van der Waals surface area contributed by atoms with Crippen molar-refractivity contribution in [1.82, 2.24) is 0 Å². The minimum Gasteiger partial charge on any atom is -1.00 e. The smallest absolute Gasteiger partial charge is 0.104 e. The van der Waals surface area contributed by atoms with Gasteiger partial charge in [-0.25, -0.2) is 0 Å². The van der Waals surface area contributed by atoms with Crippen LogP contribution in [-0.4, -0.2) is 30.7 Å². The molecular formula is C17H34Cl2N2. The molecule has 21 heavy (non-hydrogen) atoms. The highest BCUT2D eigenvalue weighted by atomic mass is 35.5. The Bertz CT molecular complexity index is 291. The number of hydrogen-bond donors (Lipinski definition) is 1. The summed E-state index contributed by atoms with van der Waals surface area (Å²) in [7, 11) is 0. The van der Waals surface area contributed by atoms with E-state index >= 15 is 0 Å². The highest BCUT2D eigenvalue weighted by molar-refractivity contribution is 5.13. The van der Waals surface area contributed by atoms with Gasteiger partial charge in [0, 0.05) is 5.56 Å². The van der Waals surface area contributed by atoms with Crippen molar-refractivity contribution in [3.8, 4) is 0 Å². The maximum absolute atomic E-state index is 3.68. The molecule has 0 saturated carbocycles. The van der Waals surface area contributed by atoms with E-state index in [9.17, 15) is 0 Å². The van der Waals surface area contributed by atoms with Crippen molar-refractivity contribution in [3.63, 3.8) is 0 Å². The number of halogens is 2. The summed E-state index contributed by atoms with van der Waals surface area (Å²) in [5, 5.41) is 0. The summed E-state index contributed by atoms with van der Waals surface area (Å²) in [5.41, 5.74) is 5.13. The highest BCUT2D eigenvalue weighted by Gasteiger charge is 2.20. The minimum atomic E-state index is 0. The topological polar surface area (TPSA) is 27.6 Å². The van der Waals surface area contributed by atoms with Crippen LogP contribution in [-0.2, 0) is 6.54 Å². The van der Waals surface area contributed by atoms with Gasteiger partial charge in [-0.2, -0.15) is 0 Å². The second-order valence-electron chi connectivity index (χ2n) is 5.14. The average molecular weight is 337 g/mol. The van der Waals surface area contributed by atoms with Crippen LogP contribution in [0.5, 0.6) is 0 Å². The van der Waals surface area contributed by atoms with E-state index < -0.39 is 0 Å². The van der Waals surface area contributed by atoms with Gasteiger partial charge in [0.1, 0.15) is 6.54 Å². The Hall–Kier alpha value is -0.280. The lowest BCUT2D eigenvalue weighted by Crippen LogP contribution is -3.00. The van der Waals surface area contributed by atoms with Crippen molar-refractivity contribution in [2.24, 2.45) is 0 Å². The van der Waals surface area contributed by atoms with Crippen molar-refractivity contribution in [1.29, 1.82) is 0 Å². The molecule has 3 N–H and O–H groups in total. The lowest BCUT2D eigenvalue weighted by molar-refractivity contribution is -0.936. The van der Waals surface area contributed by atoms with Crippen molar-refractivity contribution in [2.75, 3.05) is 26.2 Å². The van der Waals surface area contributed by atoms with E-state index in [1.807, 2.05) is 0 Å². The number of unbranched alkanes of at least 4 members (excludes halogenated alkanes) is 1. The summed E-state index contributed by atoms with van der Waals surface area (Å²) in [6, 6.07) is 10.8. The predicted octanol–water partition coefficient (Wildman–Crippen LogP) is -2.90. The second kappa shape index (κ2) is 16.1. The quantitative estimate of drug-likeness (QED) is 0.517. The number of quaternary nitrogens is 2. The number of nitrogens with zero attached hydrogens (tertiary/aromatic N) is 1. The molecule has 2 nitrogen and oxygen atoms in total. The largest absolute Gasteiger partial charge is 1.00 e. The molecule has 1 aromatic carbocycles. The van der Waals surface area contributed by atoms with Gasteiger partial charge < -0.3 is 35.0 Å². The van der Waals surface area contributed by atoms with Crippen LogP contribution in [0.2, 0.25) is 0 Å². The molecule has 0 radical (unpaired) electrons. The van der Waals surface area contributed by atoms with E-state index in [1.54, 1.807) is 0 Å². The van der Waals surface area contributed by atoms with Crippen molar-refractivity contribution >= 4 is 0 Å². The van der Waals surface area contributed by atoms with Crippen LogP contribution in [0.3, 0.4) is 0 Å². The first-order valence-electron chi connectivity index (χ1n) is 7.86. The first kappa shape index (κ1) is 25.7. The Morgan fingerprint density at radius 2 is 1.33 bits per heavy atom. The molecule has 0 aliphatic rings. The van der Waals surface area contributed by atoms with Gasteiger partial charge in [0.15, 0.2) is 0 Å². The van der Waals surface area contributed by atoms with E-state index in [-0.39, 0.29) is 24.8 Å². The normalized spacial score (nSPS) is 9.76. The molecule has 0 heterocycles. The van der Waals surface area contributed by atoms with E-state index in [0.717, 1.165) is 6.54 Å². The highest BCUT2D eigenvalue weighted by Crippen LogP contribution is 2.13. The van der Waals surface area contributed by atoms with Crippen LogP contribution in [0.4, 0.5) is 0 Å². The van der Waals surface area contributed by atoms with Crippen LogP contribution in [0.1, 0.15) is 46.1 Å². The van der Waals surface area contributed by atoms with E-state index in [0.29, 0.717) is 0 Å². The van der Waals surface area contributed by atoms with Gasteiger partial charge in [-0.15, -0.1) is 0 Å². The molecule has 0 unspecified atom stereocenters. The Morgan fingerprint density at radius 3 is 1.62 bits per heavy atom. The molecule has 126 valence electrons. The summed E-state index contributed by atoms with van der Waals surface area (Å²) < 4.78 is 1.20. The molecule has 0 aliphatic carbocycles. The van der Waals surface area contributed by atoms with Gasteiger partial charge >= 0.3 is 0 Å². The van der Waals surface area contributed by atoms with Crippen LogP contribution >= 0.6 is 0 Å². The zero-order valence-corrected chi connectivity index (χ0v) is 15.8.